The largest absolute Gasteiger partial charge is 0.465 e. The van der Waals surface area contributed by atoms with Crippen molar-refractivity contribution in [2.45, 2.75) is 37.5 Å². The zero-order valence-corrected chi connectivity index (χ0v) is 18.3. The number of benzene rings is 1. The number of halogens is 1. The Labute approximate surface area is 178 Å². The van der Waals surface area contributed by atoms with Gasteiger partial charge in [0.05, 0.1) is 34.8 Å². The van der Waals surface area contributed by atoms with E-state index in [9.17, 15) is 18.0 Å². The summed E-state index contributed by atoms with van der Waals surface area (Å²) in [6.07, 6.45) is 3.42. The van der Waals surface area contributed by atoms with E-state index in [1.54, 1.807) is 6.92 Å². The summed E-state index contributed by atoms with van der Waals surface area (Å²) in [5, 5.41) is 0.305. The number of hydrogen-bond acceptors (Lipinski definition) is 7. The number of ether oxygens (including phenoxy) is 2. The number of esters is 2. The van der Waals surface area contributed by atoms with Crippen molar-refractivity contribution in [2.75, 3.05) is 18.4 Å². The van der Waals surface area contributed by atoms with Crippen LogP contribution >= 0.6 is 22.9 Å². The van der Waals surface area contributed by atoms with Gasteiger partial charge >= 0.3 is 11.9 Å². The molecule has 0 bridgehead atoms. The molecule has 29 heavy (non-hydrogen) atoms. The number of fused-ring (bicyclic) bond motifs is 1. The first kappa shape index (κ1) is 21.6. The van der Waals surface area contributed by atoms with E-state index in [1.807, 2.05) is 0 Å². The second-order valence-electron chi connectivity index (χ2n) is 6.37. The molecule has 0 aliphatic heterocycles. The number of nitrogens with one attached hydrogen (secondary N) is 1. The maximum Gasteiger partial charge on any atom is 0.341 e. The van der Waals surface area contributed by atoms with Crippen LogP contribution in [0.15, 0.2) is 23.1 Å². The van der Waals surface area contributed by atoms with Crippen LogP contribution in [0.1, 0.15) is 50.9 Å². The third-order valence-electron chi connectivity index (χ3n) is 4.53. The molecule has 0 unspecified atom stereocenters. The first-order valence-corrected chi connectivity index (χ1v) is 11.7. The van der Waals surface area contributed by atoms with Gasteiger partial charge in [0.2, 0.25) is 0 Å². The van der Waals surface area contributed by atoms with E-state index in [0.29, 0.717) is 6.42 Å². The van der Waals surface area contributed by atoms with Gasteiger partial charge < -0.3 is 9.47 Å². The molecule has 0 atom stereocenters. The molecule has 0 saturated carbocycles. The van der Waals surface area contributed by atoms with E-state index in [4.69, 9.17) is 16.3 Å². The van der Waals surface area contributed by atoms with E-state index in [0.717, 1.165) is 35.8 Å². The fraction of sp³-hybridized carbons (Fsp3) is 0.368. The Morgan fingerprint density at radius 1 is 1.21 bits per heavy atom. The van der Waals surface area contributed by atoms with Gasteiger partial charge in [0, 0.05) is 4.88 Å². The molecule has 0 fully saturated rings. The highest BCUT2D eigenvalue weighted by molar-refractivity contribution is 7.93. The Bertz CT molecular complexity index is 1060. The van der Waals surface area contributed by atoms with Crippen molar-refractivity contribution in [3.63, 3.8) is 0 Å². The van der Waals surface area contributed by atoms with Gasteiger partial charge in [-0.15, -0.1) is 11.3 Å². The van der Waals surface area contributed by atoms with Crippen LogP contribution in [0.3, 0.4) is 0 Å². The topological polar surface area (TPSA) is 98.8 Å². The number of carbonyl (C=O) groups excluding carboxylic acids is 2. The van der Waals surface area contributed by atoms with Crippen molar-refractivity contribution >= 4 is 49.9 Å². The highest BCUT2D eigenvalue weighted by Crippen LogP contribution is 2.39. The molecule has 1 aliphatic rings. The lowest BCUT2D eigenvalue weighted by atomic mass is 9.95. The minimum absolute atomic E-state index is 0.0619. The van der Waals surface area contributed by atoms with Crippen molar-refractivity contribution in [3.05, 3.63) is 44.8 Å². The standard InChI is InChI=1S/C19H20ClNO6S2/c1-3-27-19(23)16-12-6-4-5-7-15(12)28-17(16)21-29(24,25)11-8-9-14(20)13(10-11)18(22)26-2/h8-10,21H,3-7H2,1-2H3. The molecule has 1 heterocycles. The average molecular weight is 458 g/mol. The molecule has 3 rings (SSSR count). The van der Waals surface area contributed by atoms with Crippen molar-refractivity contribution < 1.29 is 27.5 Å². The monoisotopic (exact) mass is 457 g/mol. The van der Waals surface area contributed by atoms with Gasteiger partial charge in [0.15, 0.2) is 0 Å². The molecule has 0 amide bonds. The Morgan fingerprint density at radius 2 is 1.93 bits per heavy atom. The van der Waals surface area contributed by atoms with Crippen molar-refractivity contribution in [3.8, 4) is 0 Å². The predicted octanol–water partition coefficient (Wildman–Crippen LogP) is 4.04. The lowest BCUT2D eigenvalue weighted by Gasteiger charge is -2.13. The van der Waals surface area contributed by atoms with Crippen LogP contribution in [0.4, 0.5) is 5.00 Å². The molecule has 0 radical (unpaired) electrons. The van der Waals surface area contributed by atoms with Gasteiger partial charge in [0.25, 0.3) is 10.0 Å². The summed E-state index contributed by atoms with van der Waals surface area (Å²) < 4.78 is 38.2. The summed E-state index contributed by atoms with van der Waals surface area (Å²) in [5.41, 5.74) is 1.06. The van der Waals surface area contributed by atoms with Crippen molar-refractivity contribution in [2.24, 2.45) is 0 Å². The fourth-order valence-electron chi connectivity index (χ4n) is 3.18. The second kappa shape index (κ2) is 8.73. The van der Waals surface area contributed by atoms with E-state index in [2.05, 4.69) is 9.46 Å². The van der Waals surface area contributed by atoms with Gasteiger partial charge in [-0.2, -0.15) is 0 Å². The van der Waals surface area contributed by atoms with E-state index >= 15 is 0 Å². The van der Waals surface area contributed by atoms with Crippen LogP contribution in [-0.2, 0) is 32.3 Å². The maximum absolute atomic E-state index is 13.0. The Balaban J connectivity index is 2.02. The summed E-state index contributed by atoms with van der Waals surface area (Å²) in [5.74, 6) is -1.29. The highest BCUT2D eigenvalue weighted by Gasteiger charge is 2.29. The number of aryl methyl sites for hydroxylation is 1. The third-order valence-corrected chi connectivity index (χ3v) is 7.54. The fourth-order valence-corrected chi connectivity index (χ4v) is 5.98. The van der Waals surface area contributed by atoms with E-state index in [1.165, 1.54) is 30.6 Å². The number of methoxy groups -OCH3 is 1. The van der Waals surface area contributed by atoms with E-state index < -0.39 is 22.0 Å². The summed E-state index contributed by atoms with van der Waals surface area (Å²) in [7, 11) is -2.90. The summed E-state index contributed by atoms with van der Waals surface area (Å²) in [6, 6.07) is 3.75. The Morgan fingerprint density at radius 3 is 2.62 bits per heavy atom. The maximum atomic E-state index is 13.0. The lowest BCUT2D eigenvalue weighted by Crippen LogP contribution is -2.17. The van der Waals surface area contributed by atoms with Crippen molar-refractivity contribution in [1.29, 1.82) is 0 Å². The molecule has 1 aromatic heterocycles. The summed E-state index contributed by atoms with van der Waals surface area (Å²) in [4.78, 5) is 25.2. The lowest BCUT2D eigenvalue weighted by molar-refractivity contribution is 0.0525. The second-order valence-corrected chi connectivity index (χ2v) is 9.57. The molecule has 156 valence electrons. The van der Waals surface area contributed by atoms with Crippen LogP contribution in [0.2, 0.25) is 5.02 Å². The molecule has 7 nitrogen and oxygen atoms in total. The number of thiophene rings is 1. The first-order valence-electron chi connectivity index (χ1n) is 9.00. The number of sulfonamides is 1. The van der Waals surface area contributed by atoms with Crippen LogP contribution < -0.4 is 4.72 Å². The number of hydrogen-bond donors (Lipinski definition) is 1. The molecular formula is C19H20ClNO6S2. The average Bonchev–Trinajstić information content (AvgIpc) is 3.04. The highest BCUT2D eigenvalue weighted by atomic mass is 35.5. The number of carbonyl (C=O) groups is 2. The molecule has 1 aromatic carbocycles. The number of rotatable bonds is 6. The zero-order chi connectivity index (χ0) is 21.2. The van der Waals surface area contributed by atoms with Gasteiger partial charge in [0.1, 0.15) is 5.00 Å². The van der Waals surface area contributed by atoms with Crippen molar-refractivity contribution in [1.82, 2.24) is 0 Å². The van der Waals surface area contributed by atoms with E-state index in [-0.39, 0.29) is 32.7 Å². The van der Waals surface area contributed by atoms with Crippen LogP contribution in [0, 0.1) is 0 Å². The minimum Gasteiger partial charge on any atom is -0.465 e. The Hall–Kier alpha value is -2.10. The third kappa shape index (κ3) is 4.41. The molecule has 1 aliphatic carbocycles. The minimum atomic E-state index is -4.08. The van der Waals surface area contributed by atoms with Crippen LogP contribution in [-0.4, -0.2) is 34.1 Å². The van der Waals surface area contributed by atoms with Crippen LogP contribution in [0.25, 0.3) is 0 Å². The molecule has 0 saturated heterocycles. The Kier molecular flexibility index (Phi) is 6.50. The van der Waals surface area contributed by atoms with Crippen LogP contribution in [0.5, 0.6) is 0 Å². The first-order chi connectivity index (χ1) is 13.8. The number of anilines is 1. The molecule has 2 aromatic rings. The molecular weight excluding hydrogens is 438 g/mol. The molecule has 0 spiro atoms. The normalized spacial score (nSPS) is 13.5. The SMILES string of the molecule is CCOC(=O)c1c(NS(=O)(=O)c2ccc(Cl)c(C(=O)OC)c2)sc2c1CCCC2. The summed E-state index contributed by atoms with van der Waals surface area (Å²) in [6.45, 7) is 1.89. The smallest absolute Gasteiger partial charge is 0.341 e. The molecule has 10 heteroatoms. The van der Waals surface area contributed by atoms with Gasteiger partial charge in [-0.1, -0.05) is 11.6 Å². The summed E-state index contributed by atoms with van der Waals surface area (Å²) >= 11 is 7.22. The zero-order valence-electron chi connectivity index (χ0n) is 15.9. The quantitative estimate of drug-likeness (QED) is 0.657. The van der Waals surface area contributed by atoms with Gasteiger partial charge in [-0.05, 0) is 56.4 Å². The predicted molar refractivity (Wildman–Crippen MR) is 111 cm³/mol. The molecule has 1 N–H and O–H groups in total. The van der Waals surface area contributed by atoms with Gasteiger partial charge in [-0.25, -0.2) is 18.0 Å². The van der Waals surface area contributed by atoms with Gasteiger partial charge in [-0.3, -0.25) is 4.72 Å².